The smallest absolute Gasteiger partial charge is 0.147 e. The second-order valence-corrected chi connectivity index (χ2v) is 5.44. The number of aromatic nitrogens is 4. The SMILES string of the molecule is Cc1nc(C)n(C[C@H]2CN(Cc3ccccn3)CCO2)n1. The highest BCUT2D eigenvalue weighted by Gasteiger charge is 2.22. The molecule has 2 aromatic heterocycles. The van der Waals surface area contributed by atoms with Crippen LogP contribution in [0.15, 0.2) is 24.4 Å². The van der Waals surface area contributed by atoms with E-state index in [4.69, 9.17) is 4.74 Å². The molecule has 1 atom stereocenters. The topological polar surface area (TPSA) is 56.1 Å². The predicted molar refractivity (Wildman–Crippen MR) is 78.8 cm³/mol. The molecule has 1 aliphatic rings. The van der Waals surface area contributed by atoms with Crippen LogP contribution in [-0.4, -0.2) is 50.4 Å². The van der Waals surface area contributed by atoms with Crippen molar-refractivity contribution in [3.63, 3.8) is 0 Å². The molecule has 112 valence electrons. The number of ether oxygens (including phenoxy) is 1. The van der Waals surface area contributed by atoms with Crippen LogP contribution in [0.25, 0.3) is 0 Å². The van der Waals surface area contributed by atoms with Crippen molar-refractivity contribution < 1.29 is 4.74 Å². The van der Waals surface area contributed by atoms with E-state index >= 15 is 0 Å². The molecule has 0 bridgehead atoms. The highest BCUT2D eigenvalue weighted by molar-refractivity contribution is 5.03. The van der Waals surface area contributed by atoms with Crippen molar-refractivity contribution in [2.45, 2.75) is 33.0 Å². The molecule has 1 saturated heterocycles. The first-order valence-corrected chi connectivity index (χ1v) is 7.32. The molecule has 0 N–H and O–H groups in total. The van der Waals surface area contributed by atoms with Gasteiger partial charge in [0.25, 0.3) is 0 Å². The minimum Gasteiger partial charge on any atom is -0.374 e. The average molecular weight is 287 g/mol. The number of hydrogen-bond donors (Lipinski definition) is 0. The number of hydrogen-bond acceptors (Lipinski definition) is 5. The van der Waals surface area contributed by atoms with E-state index in [0.717, 1.165) is 50.1 Å². The van der Waals surface area contributed by atoms with Crippen LogP contribution in [-0.2, 0) is 17.8 Å². The molecule has 3 rings (SSSR count). The van der Waals surface area contributed by atoms with Crippen molar-refractivity contribution in [3.05, 3.63) is 41.7 Å². The molecule has 0 aromatic carbocycles. The molecule has 0 aliphatic carbocycles. The number of morpholine rings is 1. The second-order valence-electron chi connectivity index (χ2n) is 5.44. The Morgan fingerprint density at radius 2 is 2.24 bits per heavy atom. The molecule has 0 radical (unpaired) electrons. The number of rotatable bonds is 4. The Bertz CT molecular complexity index is 583. The summed E-state index contributed by atoms with van der Waals surface area (Å²) in [5.74, 6) is 1.76. The van der Waals surface area contributed by atoms with E-state index < -0.39 is 0 Å². The first-order valence-electron chi connectivity index (χ1n) is 7.32. The van der Waals surface area contributed by atoms with Gasteiger partial charge >= 0.3 is 0 Å². The Hall–Kier alpha value is -1.79. The third-order valence-electron chi connectivity index (χ3n) is 3.67. The summed E-state index contributed by atoms with van der Waals surface area (Å²) in [5, 5.41) is 4.41. The summed E-state index contributed by atoms with van der Waals surface area (Å²) in [6.07, 6.45) is 2.00. The number of aryl methyl sites for hydroxylation is 2. The van der Waals surface area contributed by atoms with Gasteiger partial charge in [-0.2, -0.15) is 5.10 Å². The van der Waals surface area contributed by atoms with Crippen LogP contribution in [0.2, 0.25) is 0 Å². The molecule has 2 aromatic rings. The lowest BCUT2D eigenvalue weighted by Crippen LogP contribution is -2.44. The van der Waals surface area contributed by atoms with Crippen LogP contribution in [0, 0.1) is 13.8 Å². The van der Waals surface area contributed by atoms with Crippen molar-refractivity contribution in [1.82, 2.24) is 24.6 Å². The number of pyridine rings is 1. The third-order valence-corrected chi connectivity index (χ3v) is 3.67. The van der Waals surface area contributed by atoms with E-state index in [1.165, 1.54) is 0 Å². The zero-order valence-corrected chi connectivity index (χ0v) is 12.6. The normalized spacial score (nSPS) is 19.8. The Morgan fingerprint density at radius 3 is 2.95 bits per heavy atom. The molecule has 6 nitrogen and oxygen atoms in total. The summed E-state index contributed by atoms with van der Waals surface area (Å²) in [5.41, 5.74) is 1.10. The van der Waals surface area contributed by atoms with Gasteiger partial charge < -0.3 is 4.74 Å². The van der Waals surface area contributed by atoms with Crippen LogP contribution in [0.3, 0.4) is 0 Å². The van der Waals surface area contributed by atoms with Crippen LogP contribution in [0.1, 0.15) is 17.3 Å². The van der Waals surface area contributed by atoms with Crippen LogP contribution >= 0.6 is 0 Å². The van der Waals surface area contributed by atoms with Crippen molar-refractivity contribution in [1.29, 1.82) is 0 Å². The fraction of sp³-hybridized carbons (Fsp3) is 0.533. The number of nitrogens with zero attached hydrogens (tertiary/aromatic N) is 5. The van der Waals surface area contributed by atoms with Crippen molar-refractivity contribution in [3.8, 4) is 0 Å². The standard InChI is InChI=1S/C15H21N5O/c1-12-17-13(2)20(18-12)11-15-10-19(7-8-21-15)9-14-5-3-4-6-16-14/h3-6,15H,7-11H2,1-2H3/t15-/m1/s1. The molecular weight excluding hydrogens is 266 g/mol. The summed E-state index contributed by atoms with van der Waals surface area (Å²) in [7, 11) is 0. The summed E-state index contributed by atoms with van der Waals surface area (Å²) in [6.45, 7) is 8.12. The molecule has 3 heterocycles. The molecule has 0 amide bonds. The fourth-order valence-electron chi connectivity index (χ4n) is 2.68. The highest BCUT2D eigenvalue weighted by atomic mass is 16.5. The van der Waals surface area contributed by atoms with Gasteiger partial charge in [0.1, 0.15) is 11.6 Å². The Morgan fingerprint density at radius 1 is 1.33 bits per heavy atom. The lowest BCUT2D eigenvalue weighted by Gasteiger charge is -2.32. The van der Waals surface area contributed by atoms with E-state index in [1.54, 1.807) is 0 Å². The second kappa shape index (κ2) is 6.32. The quantitative estimate of drug-likeness (QED) is 0.845. The summed E-state index contributed by atoms with van der Waals surface area (Å²) in [6, 6.07) is 6.04. The van der Waals surface area contributed by atoms with Crippen LogP contribution in [0.5, 0.6) is 0 Å². The van der Waals surface area contributed by atoms with Crippen LogP contribution < -0.4 is 0 Å². The van der Waals surface area contributed by atoms with Gasteiger partial charge in [-0.05, 0) is 26.0 Å². The minimum atomic E-state index is 0.155. The van der Waals surface area contributed by atoms with E-state index in [9.17, 15) is 0 Å². The fourth-order valence-corrected chi connectivity index (χ4v) is 2.68. The zero-order chi connectivity index (χ0) is 14.7. The summed E-state index contributed by atoms with van der Waals surface area (Å²) < 4.78 is 7.80. The molecule has 1 aliphatic heterocycles. The van der Waals surface area contributed by atoms with Gasteiger partial charge in [0.2, 0.25) is 0 Å². The maximum atomic E-state index is 5.86. The Labute approximate surface area is 124 Å². The van der Waals surface area contributed by atoms with E-state index in [1.807, 2.05) is 36.9 Å². The van der Waals surface area contributed by atoms with Gasteiger partial charge in [0, 0.05) is 25.8 Å². The molecule has 6 heteroatoms. The predicted octanol–water partition coefficient (Wildman–Crippen LogP) is 1.19. The minimum absolute atomic E-state index is 0.155. The first-order chi connectivity index (χ1) is 10.2. The van der Waals surface area contributed by atoms with Crippen LogP contribution in [0.4, 0.5) is 0 Å². The first kappa shape index (κ1) is 14.2. The molecule has 0 spiro atoms. The Balaban J connectivity index is 1.59. The van der Waals surface area contributed by atoms with Gasteiger partial charge in [-0.3, -0.25) is 9.88 Å². The molecule has 1 fully saturated rings. The average Bonchev–Trinajstić information content (AvgIpc) is 2.78. The van der Waals surface area contributed by atoms with E-state index in [-0.39, 0.29) is 6.10 Å². The largest absolute Gasteiger partial charge is 0.374 e. The molecule has 0 unspecified atom stereocenters. The molecular formula is C15H21N5O. The maximum absolute atomic E-state index is 5.86. The molecule has 0 saturated carbocycles. The lowest BCUT2D eigenvalue weighted by molar-refractivity contribution is -0.0408. The van der Waals surface area contributed by atoms with Gasteiger partial charge in [-0.1, -0.05) is 6.07 Å². The Kier molecular flexibility index (Phi) is 4.26. The van der Waals surface area contributed by atoms with Crippen molar-refractivity contribution >= 4 is 0 Å². The maximum Gasteiger partial charge on any atom is 0.147 e. The summed E-state index contributed by atoms with van der Waals surface area (Å²) >= 11 is 0. The lowest BCUT2D eigenvalue weighted by atomic mass is 10.2. The molecule has 21 heavy (non-hydrogen) atoms. The third kappa shape index (κ3) is 3.65. The highest BCUT2D eigenvalue weighted by Crippen LogP contribution is 2.11. The van der Waals surface area contributed by atoms with Crippen molar-refractivity contribution in [2.75, 3.05) is 19.7 Å². The van der Waals surface area contributed by atoms with Gasteiger partial charge in [-0.15, -0.1) is 0 Å². The monoisotopic (exact) mass is 287 g/mol. The van der Waals surface area contributed by atoms with Gasteiger partial charge in [0.15, 0.2) is 0 Å². The van der Waals surface area contributed by atoms with Crippen molar-refractivity contribution in [2.24, 2.45) is 0 Å². The van der Waals surface area contributed by atoms with Gasteiger partial charge in [0.05, 0.1) is 24.9 Å². The van der Waals surface area contributed by atoms with Gasteiger partial charge in [-0.25, -0.2) is 9.67 Å². The van der Waals surface area contributed by atoms with E-state index in [0.29, 0.717) is 0 Å². The zero-order valence-electron chi connectivity index (χ0n) is 12.6. The van der Waals surface area contributed by atoms with E-state index in [2.05, 4.69) is 26.0 Å². The summed E-state index contributed by atoms with van der Waals surface area (Å²) in [4.78, 5) is 11.1.